The number of amides is 3. The van der Waals surface area contributed by atoms with E-state index in [2.05, 4.69) is 25.2 Å². The minimum absolute atomic E-state index is 0.138. The molecule has 206 valence electrons. The molecule has 0 saturated carbocycles. The van der Waals surface area contributed by atoms with Crippen LogP contribution in [-0.2, 0) is 4.79 Å². The van der Waals surface area contributed by atoms with Crippen LogP contribution in [0.25, 0.3) is 5.95 Å². The smallest absolute Gasteiger partial charge is 0.325 e. The molecule has 3 amide bonds. The third kappa shape index (κ3) is 5.30. The van der Waals surface area contributed by atoms with Crippen LogP contribution >= 0.6 is 0 Å². The fourth-order valence-electron chi connectivity index (χ4n) is 4.98. The molecular formula is C27H29N9O4. The van der Waals surface area contributed by atoms with Gasteiger partial charge in [0.15, 0.2) is 11.5 Å². The second-order valence-electron chi connectivity index (χ2n) is 9.65. The third-order valence-electron chi connectivity index (χ3n) is 7.04. The number of aromatic nitrogens is 4. The summed E-state index contributed by atoms with van der Waals surface area (Å²) < 4.78 is 12.6. The first-order valence-electron chi connectivity index (χ1n) is 13.0. The van der Waals surface area contributed by atoms with Gasteiger partial charge >= 0.3 is 6.03 Å². The van der Waals surface area contributed by atoms with Gasteiger partial charge in [0.2, 0.25) is 18.6 Å². The summed E-state index contributed by atoms with van der Waals surface area (Å²) in [5.41, 5.74) is 0.910. The van der Waals surface area contributed by atoms with Crippen molar-refractivity contribution in [3.63, 3.8) is 0 Å². The molecule has 3 aliphatic heterocycles. The minimum Gasteiger partial charge on any atom is -0.454 e. The van der Waals surface area contributed by atoms with E-state index in [0.717, 1.165) is 5.56 Å². The zero-order valence-electron chi connectivity index (χ0n) is 22.0. The molecule has 0 bridgehead atoms. The molecule has 2 unspecified atom stereocenters. The molecular weight excluding hydrogens is 514 g/mol. The van der Waals surface area contributed by atoms with Gasteiger partial charge in [-0.3, -0.25) is 19.3 Å². The summed E-state index contributed by atoms with van der Waals surface area (Å²) in [7, 11) is 0. The van der Waals surface area contributed by atoms with Gasteiger partial charge in [0.25, 0.3) is 0 Å². The maximum Gasteiger partial charge on any atom is 0.325 e. The third-order valence-corrected chi connectivity index (χ3v) is 7.04. The van der Waals surface area contributed by atoms with E-state index in [1.165, 1.54) is 0 Å². The normalized spacial score (nSPS) is 18.6. The summed E-state index contributed by atoms with van der Waals surface area (Å²) in [5, 5.41) is 3.10. The maximum atomic E-state index is 13.4. The number of benzene rings is 1. The highest BCUT2D eigenvalue weighted by Gasteiger charge is 2.34. The van der Waals surface area contributed by atoms with Crippen molar-refractivity contribution in [1.29, 1.82) is 0 Å². The van der Waals surface area contributed by atoms with Crippen molar-refractivity contribution in [2.24, 2.45) is 4.99 Å². The van der Waals surface area contributed by atoms with E-state index in [9.17, 15) is 9.59 Å². The number of hydrogen-bond donors (Lipinski definition) is 1. The highest BCUT2D eigenvalue weighted by molar-refractivity contribution is 5.81. The Balaban J connectivity index is 1.20. The largest absolute Gasteiger partial charge is 0.454 e. The Labute approximate surface area is 230 Å². The number of aliphatic imine (C=N–C) groups is 1. The molecule has 1 fully saturated rings. The molecule has 40 heavy (non-hydrogen) atoms. The molecule has 1 saturated heterocycles. The lowest BCUT2D eigenvalue weighted by Crippen LogP contribution is -2.58. The van der Waals surface area contributed by atoms with Crippen LogP contribution in [0.3, 0.4) is 0 Å². The standard InChI is InChI=1S/C27H29N9O4/c1-19(20-3-4-22-23(13-20)40-18-39-22)31-25(37)14-21-15-33(27(38)35-9-2-6-28-17-35)11-12-36(21)24-5-7-30-26(32-24)34-10-8-29-16-34/h2-10,13,16,19,21H,11-12,14-15,17-18H2,1H3,(H,31,37). The van der Waals surface area contributed by atoms with Crippen LogP contribution in [0, 0.1) is 0 Å². The first-order valence-corrected chi connectivity index (χ1v) is 13.0. The van der Waals surface area contributed by atoms with Gasteiger partial charge in [0.05, 0.1) is 12.1 Å². The Bertz CT molecular complexity index is 1440. The molecule has 13 nitrogen and oxygen atoms in total. The van der Waals surface area contributed by atoms with Gasteiger partial charge in [0.1, 0.15) is 18.8 Å². The number of hydrogen-bond acceptors (Lipinski definition) is 9. The van der Waals surface area contributed by atoms with Crippen molar-refractivity contribution < 1.29 is 19.1 Å². The maximum absolute atomic E-state index is 13.4. The number of rotatable bonds is 6. The van der Waals surface area contributed by atoms with Gasteiger partial charge in [0, 0.05) is 57.1 Å². The lowest BCUT2D eigenvalue weighted by molar-refractivity contribution is -0.122. The Morgan fingerprint density at radius 2 is 2.05 bits per heavy atom. The number of carbonyl (C=O) groups excluding carboxylic acids is 2. The van der Waals surface area contributed by atoms with Crippen LogP contribution in [0.1, 0.15) is 24.9 Å². The number of imidazole rings is 1. The summed E-state index contributed by atoms with van der Waals surface area (Å²) in [6, 6.07) is 6.75. The Kier molecular flexibility index (Phi) is 7.00. The second-order valence-corrected chi connectivity index (χ2v) is 9.65. The average molecular weight is 544 g/mol. The molecule has 2 atom stereocenters. The van der Waals surface area contributed by atoms with Crippen molar-refractivity contribution >= 4 is 24.0 Å². The molecule has 13 heteroatoms. The predicted octanol–water partition coefficient (Wildman–Crippen LogP) is 2.13. The zero-order valence-corrected chi connectivity index (χ0v) is 22.0. The lowest BCUT2D eigenvalue weighted by Gasteiger charge is -2.43. The number of carbonyl (C=O) groups is 2. The number of allylic oxidation sites excluding steroid dienone is 1. The van der Waals surface area contributed by atoms with Crippen LogP contribution < -0.4 is 19.7 Å². The molecule has 2 aromatic heterocycles. The second kappa shape index (κ2) is 11.0. The van der Waals surface area contributed by atoms with Gasteiger partial charge in [-0.25, -0.2) is 14.8 Å². The molecule has 5 heterocycles. The molecule has 3 aromatic rings. The minimum atomic E-state index is -0.315. The topological polar surface area (TPSA) is 130 Å². The molecule has 1 N–H and O–H groups in total. The molecule has 3 aliphatic rings. The fraction of sp³-hybridized carbons (Fsp3) is 0.333. The summed E-state index contributed by atoms with van der Waals surface area (Å²) in [6.45, 7) is 3.72. The SMILES string of the molecule is CC(NC(=O)CC1CN(C(=O)N2C=CC=NC2)CCN1c1ccnc(-n2ccnc2)n1)c1ccc2c(c1)OCO2. The first-order chi connectivity index (χ1) is 19.5. The summed E-state index contributed by atoms with van der Waals surface area (Å²) in [4.78, 5) is 49.3. The first kappa shape index (κ1) is 25.3. The Morgan fingerprint density at radius 3 is 2.88 bits per heavy atom. The lowest BCUT2D eigenvalue weighted by atomic mass is 10.1. The van der Waals surface area contributed by atoms with E-state index in [-0.39, 0.29) is 43.9 Å². The van der Waals surface area contributed by atoms with E-state index >= 15 is 0 Å². The number of anilines is 1. The van der Waals surface area contributed by atoms with Gasteiger partial charge in [-0.1, -0.05) is 6.07 Å². The summed E-state index contributed by atoms with van der Waals surface area (Å²) in [5.74, 6) is 2.37. The Morgan fingerprint density at radius 1 is 1.15 bits per heavy atom. The van der Waals surface area contributed by atoms with Crippen molar-refractivity contribution in [3.8, 4) is 17.4 Å². The van der Waals surface area contributed by atoms with Crippen LogP contribution in [0.5, 0.6) is 11.5 Å². The van der Waals surface area contributed by atoms with Crippen molar-refractivity contribution in [2.75, 3.05) is 38.0 Å². The van der Waals surface area contributed by atoms with E-state index in [1.807, 2.05) is 31.2 Å². The van der Waals surface area contributed by atoms with Gasteiger partial charge in [-0.15, -0.1) is 0 Å². The number of nitrogens with zero attached hydrogens (tertiary/aromatic N) is 8. The van der Waals surface area contributed by atoms with Crippen molar-refractivity contribution in [2.45, 2.75) is 25.4 Å². The van der Waals surface area contributed by atoms with Gasteiger partial charge < -0.3 is 24.6 Å². The van der Waals surface area contributed by atoms with E-state index in [0.29, 0.717) is 42.9 Å². The molecule has 0 aliphatic carbocycles. The quantitative estimate of drug-likeness (QED) is 0.501. The fourth-order valence-corrected chi connectivity index (χ4v) is 4.98. The monoisotopic (exact) mass is 543 g/mol. The number of ether oxygens (including phenoxy) is 2. The van der Waals surface area contributed by atoms with Crippen LogP contribution in [0.15, 0.2) is 66.5 Å². The molecule has 0 spiro atoms. The van der Waals surface area contributed by atoms with Crippen molar-refractivity contribution in [3.05, 3.63) is 67.0 Å². The molecule has 0 radical (unpaired) electrons. The molecule has 1 aromatic carbocycles. The number of urea groups is 1. The predicted molar refractivity (Wildman–Crippen MR) is 145 cm³/mol. The number of fused-ring (bicyclic) bond motifs is 1. The summed E-state index contributed by atoms with van der Waals surface area (Å²) in [6.07, 6.45) is 12.0. The highest BCUT2D eigenvalue weighted by atomic mass is 16.7. The van der Waals surface area contributed by atoms with Crippen LogP contribution in [0.4, 0.5) is 10.6 Å². The number of nitrogens with one attached hydrogen (secondary N) is 1. The average Bonchev–Trinajstić information content (AvgIpc) is 3.70. The highest BCUT2D eigenvalue weighted by Crippen LogP contribution is 2.34. The summed E-state index contributed by atoms with van der Waals surface area (Å²) >= 11 is 0. The van der Waals surface area contributed by atoms with Gasteiger partial charge in [-0.05, 0) is 36.8 Å². The van der Waals surface area contributed by atoms with Crippen molar-refractivity contribution in [1.82, 2.24) is 34.6 Å². The van der Waals surface area contributed by atoms with Crippen LogP contribution in [-0.4, -0.2) is 86.6 Å². The molecule has 6 rings (SSSR count). The van der Waals surface area contributed by atoms with E-state index in [1.54, 1.807) is 57.8 Å². The van der Waals surface area contributed by atoms with E-state index < -0.39 is 0 Å². The number of piperazine rings is 1. The zero-order chi connectivity index (χ0) is 27.5. The Hall–Kier alpha value is -4.94. The van der Waals surface area contributed by atoms with Gasteiger partial charge in [-0.2, -0.15) is 4.98 Å². The van der Waals surface area contributed by atoms with Crippen LogP contribution in [0.2, 0.25) is 0 Å². The van der Waals surface area contributed by atoms with E-state index in [4.69, 9.17) is 14.5 Å².